The molecule has 3 aromatic rings. The van der Waals surface area contributed by atoms with E-state index in [0.29, 0.717) is 42.6 Å². The average molecular weight is 644 g/mol. The predicted octanol–water partition coefficient (Wildman–Crippen LogP) is 5.12. The van der Waals surface area contributed by atoms with E-state index in [1.54, 1.807) is 12.4 Å². The standard InChI is InChI=1S/C26H39N7O5.C6H4F2/c1-26(2,3)37-25(34)29-20-6-11-33(16-20)23-27-14-21(15-28-23)36-17-18-4-9-32(10-5-18)24-30-22(38-31-24)19-7-12-35-13-8-19;7-5-1-2-6(8)4-3-5/h14-15,18-20H,4-13,16-17H2,1-3H3,(H,29,34);1-4H. The van der Waals surface area contributed by atoms with E-state index in [1.807, 2.05) is 20.8 Å². The van der Waals surface area contributed by atoms with Crippen LogP contribution in [0.1, 0.15) is 64.7 Å². The maximum atomic E-state index is 12.0. The molecule has 1 amide bonds. The Bertz CT molecular complexity index is 1350. The Morgan fingerprint density at radius 2 is 1.57 bits per heavy atom. The van der Waals surface area contributed by atoms with Crippen LogP contribution in [0.25, 0.3) is 0 Å². The van der Waals surface area contributed by atoms with Gasteiger partial charge in [-0.3, -0.25) is 0 Å². The molecular weight excluding hydrogens is 600 g/mol. The second-order valence-corrected chi connectivity index (χ2v) is 12.8. The van der Waals surface area contributed by atoms with Crippen LogP contribution in [0.2, 0.25) is 0 Å². The summed E-state index contributed by atoms with van der Waals surface area (Å²) in [6.07, 6.45) is 7.76. The van der Waals surface area contributed by atoms with Crippen molar-refractivity contribution in [1.29, 1.82) is 0 Å². The molecule has 12 nitrogen and oxygen atoms in total. The summed E-state index contributed by atoms with van der Waals surface area (Å²) < 4.78 is 46.2. The first-order chi connectivity index (χ1) is 22.1. The molecule has 250 valence electrons. The van der Waals surface area contributed by atoms with Gasteiger partial charge in [-0.2, -0.15) is 4.98 Å². The highest BCUT2D eigenvalue weighted by Crippen LogP contribution is 2.28. The van der Waals surface area contributed by atoms with Gasteiger partial charge in [-0.1, -0.05) is 0 Å². The second kappa shape index (κ2) is 15.5. The zero-order valence-electron chi connectivity index (χ0n) is 26.7. The maximum absolute atomic E-state index is 12.0. The van der Waals surface area contributed by atoms with E-state index in [9.17, 15) is 13.6 Å². The topological polar surface area (TPSA) is 128 Å². The lowest BCUT2D eigenvalue weighted by atomic mass is 9.98. The number of alkyl carbamates (subject to hydrolysis) is 1. The summed E-state index contributed by atoms with van der Waals surface area (Å²) in [5.41, 5.74) is -0.513. The molecule has 3 saturated heterocycles. The van der Waals surface area contributed by atoms with Gasteiger partial charge in [-0.15, -0.1) is 0 Å². The number of hydrogen-bond acceptors (Lipinski definition) is 11. The summed E-state index contributed by atoms with van der Waals surface area (Å²) >= 11 is 0. The van der Waals surface area contributed by atoms with Crippen molar-refractivity contribution < 1.29 is 32.3 Å². The summed E-state index contributed by atoms with van der Waals surface area (Å²) in [5, 5.41) is 7.16. The largest absolute Gasteiger partial charge is 0.490 e. The van der Waals surface area contributed by atoms with Crippen LogP contribution in [0.15, 0.2) is 41.2 Å². The third-order valence-corrected chi connectivity index (χ3v) is 7.99. The summed E-state index contributed by atoms with van der Waals surface area (Å²) in [6.45, 7) is 10.9. The predicted molar refractivity (Wildman–Crippen MR) is 166 cm³/mol. The van der Waals surface area contributed by atoms with Crippen molar-refractivity contribution in [3.63, 3.8) is 0 Å². The number of nitrogens with one attached hydrogen (secondary N) is 1. The van der Waals surface area contributed by atoms with Gasteiger partial charge in [-0.25, -0.2) is 23.5 Å². The Balaban J connectivity index is 0.000000455. The number of anilines is 2. The normalized spacial score (nSPS) is 19.4. The Kier molecular flexibility index (Phi) is 11.2. The number of rotatable bonds is 7. The fourth-order valence-electron chi connectivity index (χ4n) is 5.49. The minimum absolute atomic E-state index is 0.0103. The molecule has 0 bridgehead atoms. The smallest absolute Gasteiger partial charge is 0.407 e. The number of hydrogen-bond donors (Lipinski definition) is 1. The first-order valence-corrected chi connectivity index (χ1v) is 15.9. The molecule has 1 N–H and O–H groups in total. The van der Waals surface area contributed by atoms with Gasteiger partial charge in [0.05, 0.1) is 25.0 Å². The molecule has 1 atom stereocenters. The monoisotopic (exact) mass is 643 g/mol. The minimum atomic E-state index is -0.513. The highest BCUT2D eigenvalue weighted by Gasteiger charge is 2.29. The zero-order chi connectivity index (χ0) is 32.5. The maximum Gasteiger partial charge on any atom is 0.407 e. The molecule has 1 aromatic carbocycles. The number of ether oxygens (including phenoxy) is 3. The molecule has 1 unspecified atom stereocenters. The van der Waals surface area contributed by atoms with Crippen molar-refractivity contribution in [3.05, 3.63) is 54.2 Å². The minimum Gasteiger partial charge on any atom is -0.490 e. The van der Waals surface area contributed by atoms with Crippen molar-refractivity contribution in [2.45, 2.75) is 70.4 Å². The van der Waals surface area contributed by atoms with E-state index in [-0.39, 0.29) is 6.04 Å². The first-order valence-electron chi connectivity index (χ1n) is 15.9. The van der Waals surface area contributed by atoms with Crippen molar-refractivity contribution in [2.75, 3.05) is 55.8 Å². The molecule has 46 heavy (non-hydrogen) atoms. The molecular formula is C32H43F2N7O5. The number of halogens is 2. The summed E-state index contributed by atoms with van der Waals surface area (Å²) in [5.74, 6) is 2.67. The third-order valence-electron chi connectivity index (χ3n) is 7.99. The van der Waals surface area contributed by atoms with Crippen LogP contribution in [0.5, 0.6) is 5.75 Å². The molecule has 14 heteroatoms. The van der Waals surface area contributed by atoms with Crippen LogP contribution < -0.4 is 19.9 Å². The molecule has 3 aliphatic rings. The number of carbonyl (C=O) groups excluding carboxylic acids is 1. The summed E-state index contributed by atoms with van der Waals surface area (Å²) in [6, 6.07) is 4.33. The molecule has 3 aliphatic heterocycles. The summed E-state index contributed by atoms with van der Waals surface area (Å²) in [7, 11) is 0. The average Bonchev–Trinajstić information content (AvgIpc) is 3.73. The Morgan fingerprint density at radius 3 is 2.20 bits per heavy atom. The van der Waals surface area contributed by atoms with E-state index in [0.717, 1.165) is 95.1 Å². The van der Waals surface area contributed by atoms with Crippen LogP contribution in [0, 0.1) is 17.6 Å². The van der Waals surface area contributed by atoms with Gasteiger partial charge in [0.1, 0.15) is 17.2 Å². The molecule has 0 radical (unpaired) electrons. The van der Waals surface area contributed by atoms with Gasteiger partial charge in [0, 0.05) is 45.3 Å². The van der Waals surface area contributed by atoms with Gasteiger partial charge < -0.3 is 33.9 Å². The number of piperidine rings is 1. The molecule has 3 fully saturated rings. The second-order valence-electron chi connectivity index (χ2n) is 12.8. The lowest BCUT2D eigenvalue weighted by molar-refractivity contribution is 0.0509. The molecule has 0 saturated carbocycles. The van der Waals surface area contributed by atoms with E-state index in [4.69, 9.17) is 18.7 Å². The number of carbonyl (C=O) groups is 1. The van der Waals surface area contributed by atoms with E-state index in [2.05, 4.69) is 35.2 Å². The van der Waals surface area contributed by atoms with Gasteiger partial charge in [0.2, 0.25) is 11.8 Å². The molecule has 6 rings (SSSR count). The lowest BCUT2D eigenvalue weighted by Gasteiger charge is -2.30. The van der Waals surface area contributed by atoms with E-state index < -0.39 is 23.3 Å². The van der Waals surface area contributed by atoms with Crippen molar-refractivity contribution in [1.82, 2.24) is 25.4 Å². The van der Waals surface area contributed by atoms with Crippen molar-refractivity contribution >= 4 is 18.0 Å². The van der Waals surface area contributed by atoms with Crippen LogP contribution in [-0.2, 0) is 9.47 Å². The molecule has 0 aliphatic carbocycles. The lowest BCUT2D eigenvalue weighted by Crippen LogP contribution is -2.40. The van der Waals surface area contributed by atoms with Gasteiger partial charge in [-0.05, 0) is 88.2 Å². The third kappa shape index (κ3) is 9.96. The quantitative estimate of drug-likeness (QED) is 0.369. The first kappa shape index (κ1) is 33.3. The van der Waals surface area contributed by atoms with Crippen LogP contribution in [0.4, 0.5) is 25.5 Å². The van der Waals surface area contributed by atoms with E-state index in [1.165, 1.54) is 0 Å². The summed E-state index contributed by atoms with van der Waals surface area (Å²) in [4.78, 5) is 29.9. The number of nitrogens with zero attached hydrogens (tertiary/aromatic N) is 6. The van der Waals surface area contributed by atoms with Crippen LogP contribution in [-0.4, -0.2) is 83.8 Å². The SMILES string of the molecule is CC(C)(C)OC(=O)NC1CCN(c2ncc(OCC3CCN(c4noc(C5CCOCC5)n4)CC3)cn2)C1.Fc1ccc(F)cc1. The van der Waals surface area contributed by atoms with Gasteiger partial charge >= 0.3 is 6.09 Å². The van der Waals surface area contributed by atoms with E-state index >= 15 is 0 Å². The Morgan fingerprint density at radius 1 is 0.935 bits per heavy atom. The molecule has 2 aromatic heterocycles. The molecule has 0 spiro atoms. The number of benzene rings is 1. The highest BCUT2D eigenvalue weighted by atomic mass is 19.1. The Labute approximate surface area is 267 Å². The Hall–Kier alpha value is -4.07. The van der Waals surface area contributed by atoms with Gasteiger partial charge in [0.15, 0.2) is 5.75 Å². The number of aromatic nitrogens is 4. The van der Waals surface area contributed by atoms with Crippen molar-refractivity contribution in [3.8, 4) is 5.75 Å². The molecule has 5 heterocycles. The van der Waals surface area contributed by atoms with Crippen molar-refractivity contribution in [2.24, 2.45) is 5.92 Å². The van der Waals surface area contributed by atoms with Crippen LogP contribution in [0.3, 0.4) is 0 Å². The fourth-order valence-corrected chi connectivity index (χ4v) is 5.49. The number of amides is 1. The van der Waals surface area contributed by atoms with Crippen LogP contribution >= 0.6 is 0 Å². The fraction of sp³-hybridized carbons (Fsp3) is 0.594. The zero-order valence-corrected chi connectivity index (χ0v) is 26.7. The van der Waals surface area contributed by atoms with Gasteiger partial charge in [0.25, 0.3) is 5.95 Å². The highest BCUT2D eigenvalue weighted by molar-refractivity contribution is 5.68.